The molecular formula is C12H12BNO2. The average molecular weight is 213 g/mol. The minimum atomic E-state index is -1.45. The minimum Gasteiger partial charge on any atom is -0.423 e. The molecule has 1 aromatic heterocycles. The van der Waals surface area contributed by atoms with Crippen molar-refractivity contribution in [3.63, 3.8) is 0 Å². The fraction of sp³-hybridized carbons (Fsp3) is 0.0833. The van der Waals surface area contributed by atoms with Gasteiger partial charge in [0.25, 0.3) is 0 Å². The first-order chi connectivity index (χ1) is 7.75. The summed E-state index contributed by atoms with van der Waals surface area (Å²) in [4.78, 5) is 4.18. The Morgan fingerprint density at radius 1 is 1.00 bits per heavy atom. The molecule has 0 aliphatic carbocycles. The summed E-state index contributed by atoms with van der Waals surface area (Å²) in [5, 5.41) is 17.8. The van der Waals surface area contributed by atoms with E-state index >= 15 is 0 Å². The predicted molar refractivity (Wildman–Crippen MR) is 63.3 cm³/mol. The quantitative estimate of drug-likeness (QED) is 0.723. The van der Waals surface area contributed by atoms with Gasteiger partial charge in [-0.15, -0.1) is 0 Å². The van der Waals surface area contributed by atoms with Crippen LogP contribution in [0.2, 0.25) is 0 Å². The molecule has 0 unspecified atom stereocenters. The number of nitrogens with zero attached hydrogens (tertiary/aromatic N) is 1. The molecule has 1 aromatic carbocycles. The third-order valence-corrected chi connectivity index (χ3v) is 2.37. The van der Waals surface area contributed by atoms with Crippen molar-refractivity contribution in [2.24, 2.45) is 0 Å². The molecule has 0 aliphatic rings. The van der Waals surface area contributed by atoms with Gasteiger partial charge in [0, 0.05) is 23.8 Å². The van der Waals surface area contributed by atoms with Crippen molar-refractivity contribution in [2.75, 3.05) is 0 Å². The fourth-order valence-corrected chi connectivity index (χ4v) is 1.50. The van der Waals surface area contributed by atoms with Crippen LogP contribution in [0.15, 0.2) is 48.7 Å². The zero-order chi connectivity index (χ0) is 11.4. The molecule has 3 nitrogen and oxygen atoms in total. The Morgan fingerprint density at radius 2 is 1.75 bits per heavy atom. The minimum absolute atomic E-state index is 0.414. The lowest BCUT2D eigenvalue weighted by Gasteiger charge is -2.02. The molecule has 0 atom stereocenters. The number of aromatic nitrogens is 1. The van der Waals surface area contributed by atoms with Crippen LogP contribution in [-0.4, -0.2) is 22.2 Å². The second-order valence-electron chi connectivity index (χ2n) is 3.62. The van der Waals surface area contributed by atoms with E-state index in [-0.39, 0.29) is 0 Å². The van der Waals surface area contributed by atoms with Crippen molar-refractivity contribution in [3.05, 3.63) is 59.9 Å². The molecule has 2 rings (SSSR count). The summed E-state index contributed by atoms with van der Waals surface area (Å²) in [6, 6.07) is 13.5. The Balaban J connectivity index is 2.11. The Hall–Kier alpha value is -1.65. The van der Waals surface area contributed by atoms with E-state index < -0.39 is 7.12 Å². The van der Waals surface area contributed by atoms with Crippen molar-refractivity contribution >= 4 is 12.6 Å². The lowest BCUT2D eigenvalue weighted by molar-refractivity contribution is 0.425. The molecule has 0 bridgehead atoms. The Kier molecular flexibility index (Phi) is 3.34. The van der Waals surface area contributed by atoms with Crippen LogP contribution in [0.3, 0.4) is 0 Å². The SMILES string of the molecule is OB(O)c1ccc(Cc2ccccc2)nc1. The lowest BCUT2D eigenvalue weighted by atomic mass is 9.81. The van der Waals surface area contributed by atoms with Gasteiger partial charge in [-0.1, -0.05) is 36.4 Å². The van der Waals surface area contributed by atoms with Gasteiger partial charge in [0.1, 0.15) is 0 Å². The van der Waals surface area contributed by atoms with Gasteiger partial charge < -0.3 is 10.0 Å². The first-order valence-electron chi connectivity index (χ1n) is 5.10. The van der Waals surface area contributed by atoms with Crippen LogP contribution in [0.4, 0.5) is 0 Å². The number of hydrogen-bond acceptors (Lipinski definition) is 3. The van der Waals surface area contributed by atoms with Gasteiger partial charge in [0.2, 0.25) is 0 Å². The second kappa shape index (κ2) is 4.92. The van der Waals surface area contributed by atoms with Crippen molar-refractivity contribution in [1.29, 1.82) is 0 Å². The van der Waals surface area contributed by atoms with Gasteiger partial charge >= 0.3 is 7.12 Å². The van der Waals surface area contributed by atoms with E-state index in [9.17, 15) is 0 Å². The van der Waals surface area contributed by atoms with Crippen LogP contribution >= 0.6 is 0 Å². The van der Waals surface area contributed by atoms with E-state index in [0.717, 1.165) is 12.1 Å². The molecule has 0 aliphatic heterocycles. The summed E-state index contributed by atoms with van der Waals surface area (Å²) in [5.74, 6) is 0. The number of pyridine rings is 1. The standard InChI is InChI=1S/C12H12BNO2/c15-13(16)11-6-7-12(14-9-11)8-10-4-2-1-3-5-10/h1-7,9,15-16H,8H2. The Labute approximate surface area is 94.6 Å². The van der Waals surface area contributed by atoms with Crippen molar-refractivity contribution in [2.45, 2.75) is 6.42 Å². The Bertz CT molecular complexity index is 442. The summed E-state index contributed by atoms with van der Waals surface area (Å²) in [6.45, 7) is 0. The molecule has 0 fully saturated rings. The predicted octanol–water partition coefficient (Wildman–Crippen LogP) is 0.352. The van der Waals surface area contributed by atoms with Gasteiger partial charge in [0.05, 0.1) is 0 Å². The van der Waals surface area contributed by atoms with Crippen LogP contribution in [0, 0.1) is 0 Å². The van der Waals surface area contributed by atoms with Crippen molar-refractivity contribution < 1.29 is 10.0 Å². The van der Waals surface area contributed by atoms with Gasteiger partial charge in [0.15, 0.2) is 0 Å². The van der Waals surface area contributed by atoms with Gasteiger partial charge in [-0.3, -0.25) is 4.98 Å². The summed E-state index contributed by atoms with van der Waals surface area (Å²) >= 11 is 0. The second-order valence-corrected chi connectivity index (χ2v) is 3.62. The van der Waals surface area contributed by atoms with Crippen molar-refractivity contribution in [3.8, 4) is 0 Å². The smallest absolute Gasteiger partial charge is 0.423 e. The molecule has 2 N–H and O–H groups in total. The molecule has 0 radical (unpaired) electrons. The third kappa shape index (κ3) is 2.69. The maximum atomic E-state index is 8.92. The van der Waals surface area contributed by atoms with E-state index in [1.165, 1.54) is 11.8 Å². The lowest BCUT2D eigenvalue weighted by Crippen LogP contribution is -2.30. The van der Waals surface area contributed by atoms with E-state index in [4.69, 9.17) is 10.0 Å². The highest BCUT2D eigenvalue weighted by atomic mass is 16.4. The van der Waals surface area contributed by atoms with E-state index in [1.54, 1.807) is 6.07 Å². The van der Waals surface area contributed by atoms with E-state index in [0.29, 0.717) is 5.46 Å². The zero-order valence-corrected chi connectivity index (χ0v) is 8.74. The Morgan fingerprint density at radius 3 is 2.31 bits per heavy atom. The van der Waals surface area contributed by atoms with Crippen LogP contribution in [0.1, 0.15) is 11.3 Å². The summed E-state index contributed by atoms with van der Waals surface area (Å²) < 4.78 is 0. The van der Waals surface area contributed by atoms with Crippen LogP contribution in [-0.2, 0) is 6.42 Å². The third-order valence-electron chi connectivity index (χ3n) is 2.37. The van der Waals surface area contributed by atoms with Gasteiger partial charge in [-0.25, -0.2) is 0 Å². The molecule has 0 saturated carbocycles. The molecule has 0 amide bonds. The molecule has 0 saturated heterocycles. The number of hydrogen-bond donors (Lipinski definition) is 2. The number of rotatable bonds is 3. The summed E-state index contributed by atoms with van der Waals surface area (Å²) in [6.07, 6.45) is 2.24. The van der Waals surface area contributed by atoms with Crippen LogP contribution in [0.5, 0.6) is 0 Å². The van der Waals surface area contributed by atoms with Crippen LogP contribution in [0.25, 0.3) is 0 Å². The van der Waals surface area contributed by atoms with Crippen molar-refractivity contribution in [1.82, 2.24) is 4.98 Å². The van der Waals surface area contributed by atoms with Gasteiger partial charge in [-0.05, 0) is 11.6 Å². The molecule has 4 heteroatoms. The molecular weight excluding hydrogens is 201 g/mol. The van der Waals surface area contributed by atoms with E-state index in [1.807, 2.05) is 36.4 Å². The maximum absolute atomic E-state index is 8.92. The topological polar surface area (TPSA) is 53.4 Å². The number of benzene rings is 1. The van der Waals surface area contributed by atoms with Crippen LogP contribution < -0.4 is 5.46 Å². The molecule has 2 aromatic rings. The highest BCUT2D eigenvalue weighted by Gasteiger charge is 2.10. The highest BCUT2D eigenvalue weighted by Crippen LogP contribution is 2.05. The highest BCUT2D eigenvalue weighted by molar-refractivity contribution is 6.58. The first kappa shape index (κ1) is 10.9. The molecule has 1 heterocycles. The fourth-order valence-electron chi connectivity index (χ4n) is 1.50. The summed E-state index contributed by atoms with van der Waals surface area (Å²) in [5.41, 5.74) is 2.51. The van der Waals surface area contributed by atoms with Gasteiger partial charge in [-0.2, -0.15) is 0 Å². The zero-order valence-electron chi connectivity index (χ0n) is 8.74. The normalized spacial score (nSPS) is 10.1. The monoisotopic (exact) mass is 213 g/mol. The first-order valence-corrected chi connectivity index (χ1v) is 5.10. The average Bonchev–Trinajstić information content (AvgIpc) is 2.31. The summed E-state index contributed by atoms with van der Waals surface area (Å²) in [7, 11) is -1.45. The largest absolute Gasteiger partial charge is 0.490 e. The molecule has 16 heavy (non-hydrogen) atoms. The molecule has 80 valence electrons. The maximum Gasteiger partial charge on any atom is 0.490 e. The molecule has 0 spiro atoms. The van der Waals surface area contributed by atoms with E-state index in [2.05, 4.69) is 4.98 Å².